The van der Waals surface area contributed by atoms with Crippen LogP contribution in [0.3, 0.4) is 0 Å². The maximum Gasteiger partial charge on any atom is 0.130 e. The van der Waals surface area contributed by atoms with Crippen molar-refractivity contribution in [3.05, 3.63) is 40.2 Å². The number of hydrogen-bond donors (Lipinski definition) is 1. The molecule has 0 aliphatic heterocycles. The van der Waals surface area contributed by atoms with Crippen LogP contribution in [0.5, 0.6) is 0 Å². The first-order chi connectivity index (χ1) is 8.49. The fourth-order valence-corrected chi connectivity index (χ4v) is 2.03. The number of aliphatic hydroxyl groups excluding tert-OH is 1. The molecule has 0 aliphatic rings. The number of aryl methyl sites for hydroxylation is 3. The average molecular weight is 267 g/mol. The van der Waals surface area contributed by atoms with E-state index in [9.17, 15) is 5.11 Å². The van der Waals surface area contributed by atoms with E-state index in [4.69, 9.17) is 11.6 Å². The fourth-order valence-electron chi connectivity index (χ4n) is 1.78. The summed E-state index contributed by atoms with van der Waals surface area (Å²) in [4.78, 5) is 8.27. The van der Waals surface area contributed by atoms with Gasteiger partial charge in [0.15, 0.2) is 0 Å². The summed E-state index contributed by atoms with van der Waals surface area (Å²) in [5, 5.41) is 14.9. The summed E-state index contributed by atoms with van der Waals surface area (Å²) in [7, 11) is 1.77. The molecular formula is C12H15ClN4O. The molecule has 0 aromatic carbocycles. The van der Waals surface area contributed by atoms with E-state index >= 15 is 0 Å². The van der Waals surface area contributed by atoms with Gasteiger partial charge in [-0.1, -0.05) is 11.6 Å². The molecule has 0 saturated heterocycles. The van der Waals surface area contributed by atoms with E-state index in [-0.39, 0.29) is 0 Å². The number of aromatic nitrogens is 4. The highest BCUT2D eigenvalue weighted by Gasteiger charge is 2.17. The Labute approximate surface area is 110 Å². The molecule has 96 valence electrons. The third kappa shape index (κ3) is 2.52. The molecule has 2 rings (SSSR count). The van der Waals surface area contributed by atoms with E-state index in [2.05, 4.69) is 15.1 Å². The van der Waals surface area contributed by atoms with Gasteiger partial charge in [-0.25, -0.2) is 0 Å². The first kappa shape index (κ1) is 13.0. The molecule has 1 N–H and O–H groups in total. The van der Waals surface area contributed by atoms with Crippen LogP contribution in [-0.4, -0.2) is 24.9 Å². The van der Waals surface area contributed by atoms with E-state index in [0.717, 1.165) is 17.0 Å². The van der Waals surface area contributed by atoms with Crippen molar-refractivity contribution < 1.29 is 5.11 Å². The Balaban J connectivity index is 2.21. The van der Waals surface area contributed by atoms with Crippen LogP contribution in [-0.2, 0) is 13.5 Å². The first-order valence-corrected chi connectivity index (χ1v) is 6.01. The third-order valence-electron chi connectivity index (χ3n) is 2.81. The van der Waals surface area contributed by atoms with E-state index in [1.54, 1.807) is 24.1 Å². The van der Waals surface area contributed by atoms with E-state index < -0.39 is 6.10 Å². The highest BCUT2D eigenvalue weighted by Crippen LogP contribution is 2.24. The van der Waals surface area contributed by atoms with Gasteiger partial charge in [-0.05, 0) is 13.8 Å². The summed E-state index contributed by atoms with van der Waals surface area (Å²) in [6.45, 7) is 3.72. The van der Waals surface area contributed by atoms with Crippen LogP contribution in [0.15, 0.2) is 12.4 Å². The molecule has 5 nitrogen and oxygen atoms in total. The first-order valence-electron chi connectivity index (χ1n) is 5.63. The molecule has 0 spiro atoms. The highest BCUT2D eigenvalue weighted by atomic mass is 35.5. The zero-order chi connectivity index (χ0) is 13.3. The quantitative estimate of drug-likeness (QED) is 0.919. The highest BCUT2D eigenvalue weighted by molar-refractivity contribution is 6.30. The maximum atomic E-state index is 10.1. The van der Waals surface area contributed by atoms with Crippen molar-refractivity contribution in [2.24, 2.45) is 7.05 Å². The smallest absolute Gasteiger partial charge is 0.130 e. The molecule has 2 heterocycles. The topological polar surface area (TPSA) is 63.8 Å². The van der Waals surface area contributed by atoms with Crippen LogP contribution in [0.2, 0.25) is 5.15 Å². The Morgan fingerprint density at radius 1 is 1.33 bits per heavy atom. The van der Waals surface area contributed by atoms with Gasteiger partial charge in [0.05, 0.1) is 23.3 Å². The minimum Gasteiger partial charge on any atom is -0.386 e. The van der Waals surface area contributed by atoms with Crippen LogP contribution >= 0.6 is 11.6 Å². The molecule has 0 fully saturated rings. The van der Waals surface area contributed by atoms with Gasteiger partial charge in [-0.15, -0.1) is 0 Å². The normalized spacial score (nSPS) is 12.7. The zero-order valence-corrected chi connectivity index (χ0v) is 11.3. The lowest BCUT2D eigenvalue weighted by Crippen LogP contribution is -2.06. The molecular weight excluding hydrogens is 252 g/mol. The molecule has 1 unspecified atom stereocenters. The van der Waals surface area contributed by atoms with Gasteiger partial charge < -0.3 is 5.11 Å². The summed E-state index contributed by atoms with van der Waals surface area (Å²) in [5.74, 6) is 0. The molecule has 18 heavy (non-hydrogen) atoms. The van der Waals surface area contributed by atoms with Crippen molar-refractivity contribution in [3.63, 3.8) is 0 Å². The Hall–Kier alpha value is -1.46. The fraction of sp³-hybridized carbons (Fsp3) is 0.417. The van der Waals surface area contributed by atoms with Crippen molar-refractivity contribution in [2.45, 2.75) is 26.4 Å². The molecule has 1 atom stereocenters. The lowest BCUT2D eigenvalue weighted by molar-refractivity contribution is 0.173. The second kappa shape index (κ2) is 5.04. The van der Waals surface area contributed by atoms with E-state index in [1.807, 2.05) is 13.8 Å². The van der Waals surface area contributed by atoms with Gasteiger partial charge >= 0.3 is 0 Å². The molecule has 0 saturated carbocycles. The van der Waals surface area contributed by atoms with E-state index in [0.29, 0.717) is 17.3 Å². The predicted molar refractivity (Wildman–Crippen MR) is 68.4 cm³/mol. The molecule has 0 bridgehead atoms. The van der Waals surface area contributed by atoms with Crippen molar-refractivity contribution in [2.75, 3.05) is 0 Å². The van der Waals surface area contributed by atoms with Crippen molar-refractivity contribution in [3.8, 4) is 0 Å². The van der Waals surface area contributed by atoms with Gasteiger partial charge in [-0.2, -0.15) is 5.10 Å². The van der Waals surface area contributed by atoms with Crippen LogP contribution in [0.1, 0.15) is 28.7 Å². The lowest BCUT2D eigenvalue weighted by Gasteiger charge is -2.09. The number of nitrogens with zero attached hydrogens (tertiary/aromatic N) is 4. The third-order valence-corrected chi connectivity index (χ3v) is 3.28. The minimum absolute atomic E-state index is 0.385. The van der Waals surface area contributed by atoms with Gasteiger partial charge in [0, 0.05) is 25.2 Å². The molecule has 0 amide bonds. The Kier molecular flexibility index (Phi) is 3.63. The van der Waals surface area contributed by atoms with Crippen LogP contribution in [0, 0.1) is 13.8 Å². The molecule has 2 aromatic heterocycles. The Morgan fingerprint density at radius 2 is 2.06 bits per heavy atom. The Morgan fingerprint density at radius 3 is 2.56 bits per heavy atom. The molecule has 2 aromatic rings. The van der Waals surface area contributed by atoms with Gasteiger partial charge in [0.25, 0.3) is 0 Å². The molecule has 0 aliphatic carbocycles. The van der Waals surface area contributed by atoms with Crippen LogP contribution < -0.4 is 0 Å². The predicted octanol–water partition coefficient (Wildman–Crippen LogP) is 1.76. The SMILES string of the molecule is Cc1cnc(C(O)Cc2c(C)nn(C)c2Cl)cn1. The summed E-state index contributed by atoms with van der Waals surface area (Å²) >= 11 is 6.12. The summed E-state index contributed by atoms with van der Waals surface area (Å²) in [6.07, 6.45) is 2.88. The number of halogens is 1. The zero-order valence-electron chi connectivity index (χ0n) is 10.6. The van der Waals surface area contributed by atoms with Gasteiger partial charge in [0.1, 0.15) is 11.3 Å². The molecule has 6 heteroatoms. The number of rotatable bonds is 3. The lowest BCUT2D eigenvalue weighted by atomic mass is 10.1. The summed E-state index contributed by atoms with van der Waals surface area (Å²) < 4.78 is 1.60. The van der Waals surface area contributed by atoms with Gasteiger partial charge in [0.2, 0.25) is 0 Å². The van der Waals surface area contributed by atoms with Gasteiger partial charge in [-0.3, -0.25) is 14.6 Å². The second-order valence-electron chi connectivity index (χ2n) is 4.28. The summed E-state index contributed by atoms with van der Waals surface area (Å²) in [6, 6.07) is 0. The van der Waals surface area contributed by atoms with E-state index in [1.165, 1.54) is 0 Å². The number of aliphatic hydroxyl groups is 1. The standard InChI is InChI=1S/C12H15ClN4O/c1-7-5-15-10(6-14-7)11(18)4-9-8(2)16-17(3)12(9)13/h5-6,11,18H,4H2,1-3H3. The Bertz CT molecular complexity index is 550. The summed E-state index contributed by atoms with van der Waals surface area (Å²) in [5.41, 5.74) is 3.03. The average Bonchev–Trinajstić information content (AvgIpc) is 2.57. The van der Waals surface area contributed by atoms with Crippen molar-refractivity contribution in [1.29, 1.82) is 0 Å². The number of hydrogen-bond acceptors (Lipinski definition) is 4. The van der Waals surface area contributed by atoms with Crippen molar-refractivity contribution in [1.82, 2.24) is 19.7 Å². The molecule has 0 radical (unpaired) electrons. The monoisotopic (exact) mass is 266 g/mol. The van der Waals surface area contributed by atoms with Crippen LogP contribution in [0.4, 0.5) is 0 Å². The van der Waals surface area contributed by atoms with Crippen LogP contribution in [0.25, 0.3) is 0 Å². The largest absolute Gasteiger partial charge is 0.386 e. The van der Waals surface area contributed by atoms with Crippen molar-refractivity contribution >= 4 is 11.6 Å². The minimum atomic E-state index is -0.724. The second-order valence-corrected chi connectivity index (χ2v) is 4.64. The maximum absolute atomic E-state index is 10.1.